The lowest BCUT2D eigenvalue weighted by Crippen LogP contribution is -2.68. The average molecular weight is 385 g/mol. The fraction of sp³-hybridized carbons (Fsp3) is 0.476. The summed E-state index contributed by atoms with van der Waals surface area (Å²) in [5.74, 6) is -0.314. The Kier molecular flexibility index (Phi) is 4.69. The molecule has 2 saturated heterocycles. The number of rotatable bonds is 2. The van der Waals surface area contributed by atoms with Gasteiger partial charge in [0.25, 0.3) is 5.91 Å². The van der Waals surface area contributed by atoms with E-state index in [1.54, 1.807) is 25.1 Å². The largest absolute Gasteiger partial charge is 0.350 e. The monoisotopic (exact) mass is 385 g/mol. The van der Waals surface area contributed by atoms with Gasteiger partial charge in [0, 0.05) is 31.6 Å². The van der Waals surface area contributed by atoms with E-state index in [1.807, 2.05) is 9.80 Å². The second-order valence-electron chi connectivity index (χ2n) is 7.87. The van der Waals surface area contributed by atoms with Crippen LogP contribution in [0.15, 0.2) is 34.9 Å². The number of hydrogen-bond donors (Lipinski definition) is 0. The minimum absolute atomic E-state index is 0.0240. The molecule has 0 spiro atoms. The highest BCUT2D eigenvalue weighted by atomic mass is 19.1. The maximum atomic E-state index is 13.3. The van der Waals surface area contributed by atoms with Gasteiger partial charge in [-0.1, -0.05) is 5.16 Å². The van der Waals surface area contributed by atoms with Crippen LogP contribution in [0, 0.1) is 5.82 Å². The fourth-order valence-electron chi connectivity index (χ4n) is 4.72. The van der Waals surface area contributed by atoms with E-state index in [-0.39, 0.29) is 29.4 Å². The van der Waals surface area contributed by atoms with Crippen molar-refractivity contribution in [3.63, 3.8) is 0 Å². The average Bonchev–Trinajstić information content (AvgIpc) is 3.16. The van der Waals surface area contributed by atoms with Crippen LogP contribution in [0.3, 0.4) is 0 Å². The molecular formula is C21H24FN3O3. The molecule has 2 aliphatic rings. The summed E-state index contributed by atoms with van der Waals surface area (Å²) in [5, 5.41) is 3.99. The van der Waals surface area contributed by atoms with Gasteiger partial charge in [0.2, 0.25) is 11.7 Å². The molecule has 0 N–H and O–H groups in total. The number of fused-ring (bicyclic) bond motifs is 1. The molecule has 2 amide bonds. The van der Waals surface area contributed by atoms with Gasteiger partial charge in [-0.3, -0.25) is 9.59 Å². The molecule has 0 saturated carbocycles. The van der Waals surface area contributed by atoms with Crippen LogP contribution in [0.5, 0.6) is 0 Å². The molecule has 2 atom stereocenters. The minimum Gasteiger partial charge on any atom is -0.350 e. The lowest BCUT2D eigenvalue weighted by molar-refractivity contribution is -0.140. The molecule has 148 valence electrons. The van der Waals surface area contributed by atoms with Crippen molar-refractivity contribution in [2.24, 2.45) is 0 Å². The van der Waals surface area contributed by atoms with E-state index in [1.165, 1.54) is 12.1 Å². The predicted molar refractivity (Wildman–Crippen MR) is 101 cm³/mol. The van der Waals surface area contributed by atoms with E-state index < -0.39 is 5.54 Å². The Hall–Kier alpha value is -2.70. The van der Waals surface area contributed by atoms with Gasteiger partial charge in [0.05, 0.1) is 11.6 Å². The van der Waals surface area contributed by atoms with Crippen molar-refractivity contribution in [2.45, 2.75) is 51.1 Å². The first kappa shape index (κ1) is 18.7. The summed E-state index contributed by atoms with van der Waals surface area (Å²) in [6, 6.07) is 7.53. The number of likely N-dealkylation sites (tertiary alicyclic amines) is 2. The van der Waals surface area contributed by atoms with Crippen LogP contribution >= 0.6 is 0 Å². The summed E-state index contributed by atoms with van der Waals surface area (Å²) >= 11 is 0. The predicted octanol–water partition coefficient (Wildman–Crippen LogP) is 3.49. The lowest BCUT2D eigenvalue weighted by atomic mass is 9.76. The van der Waals surface area contributed by atoms with Crippen LogP contribution in [-0.2, 0) is 4.79 Å². The number of carbonyl (C=O) groups excluding carboxylic acids is 2. The Morgan fingerprint density at radius 1 is 1.21 bits per heavy atom. The number of hydrogen-bond acceptors (Lipinski definition) is 4. The Morgan fingerprint density at radius 3 is 2.68 bits per heavy atom. The van der Waals surface area contributed by atoms with Gasteiger partial charge in [0.1, 0.15) is 11.5 Å². The van der Waals surface area contributed by atoms with E-state index in [0.29, 0.717) is 17.8 Å². The number of carbonyl (C=O) groups is 2. The summed E-state index contributed by atoms with van der Waals surface area (Å²) in [5.41, 5.74) is 0.769. The zero-order valence-electron chi connectivity index (χ0n) is 16.2. The summed E-state index contributed by atoms with van der Waals surface area (Å²) in [7, 11) is 0. The molecule has 4 rings (SSSR count). The Morgan fingerprint density at radius 2 is 1.96 bits per heavy atom. The van der Waals surface area contributed by atoms with E-state index in [9.17, 15) is 14.0 Å². The molecule has 2 aromatic rings. The van der Waals surface area contributed by atoms with Crippen molar-refractivity contribution < 1.29 is 18.5 Å². The Labute approximate surface area is 163 Å². The lowest BCUT2D eigenvalue weighted by Gasteiger charge is -2.56. The zero-order chi connectivity index (χ0) is 19.9. The first-order chi connectivity index (χ1) is 13.4. The summed E-state index contributed by atoms with van der Waals surface area (Å²) in [6.45, 7) is 5.04. The Bertz CT molecular complexity index is 895. The maximum Gasteiger partial charge on any atom is 0.293 e. The number of aromatic nitrogens is 1. The molecule has 0 bridgehead atoms. The van der Waals surface area contributed by atoms with Gasteiger partial charge in [-0.25, -0.2) is 4.39 Å². The Balaban J connectivity index is 1.61. The molecule has 1 aromatic carbocycles. The number of halogens is 1. The second kappa shape index (κ2) is 7.04. The molecular weight excluding hydrogens is 361 g/mol. The highest BCUT2D eigenvalue weighted by molar-refractivity contribution is 5.93. The normalized spacial score (nSPS) is 24.8. The zero-order valence-corrected chi connectivity index (χ0v) is 16.2. The molecule has 0 unspecified atom stereocenters. The van der Waals surface area contributed by atoms with Crippen LogP contribution in [0.1, 0.15) is 50.1 Å². The summed E-state index contributed by atoms with van der Waals surface area (Å²) in [6.07, 6.45) is 3.46. The molecule has 7 heteroatoms. The van der Waals surface area contributed by atoms with Gasteiger partial charge < -0.3 is 14.3 Å². The van der Waals surface area contributed by atoms with E-state index in [4.69, 9.17) is 4.52 Å². The van der Waals surface area contributed by atoms with Crippen LogP contribution < -0.4 is 0 Å². The van der Waals surface area contributed by atoms with Crippen molar-refractivity contribution in [3.8, 4) is 11.3 Å². The van der Waals surface area contributed by atoms with Gasteiger partial charge in [0.15, 0.2) is 0 Å². The third kappa shape index (κ3) is 3.08. The minimum atomic E-state index is -0.415. The first-order valence-corrected chi connectivity index (χ1v) is 9.72. The van der Waals surface area contributed by atoms with E-state index in [0.717, 1.165) is 32.2 Å². The number of nitrogens with zero attached hydrogens (tertiary/aromatic N) is 3. The maximum absolute atomic E-state index is 13.3. The molecule has 2 aliphatic heterocycles. The molecule has 6 nitrogen and oxygen atoms in total. The van der Waals surface area contributed by atoms with Crippen LogP contribution in [0.2, 0.25) is 0 Å². The molecule has 0 radical (unpaired) electrons. The third-order valence-electron chi connectivity index (χ3n) is 6.16. The molecule has 3 heterocycles. The van der Waals surface area contributed by atoms with Gasteiger partial charge >= 0.3 is 0 Å². The van der Waals surface area contributed by atoms with Crippen molar-refractivity contribution in [3.05, 3.63) is 41.9 Å². The van der Waals surface area contributed by atoms with Crippen LogP contribution in [0.25, 0.3) is 11.3 Å². The SMILES string of the molecule is CC(=O)N1CCC[C@@]2(C)[C@@H]1CCCN2C(=O)c1cc(-c2ccc(F)cc2)no1. The second-order valence-corrected chi connectivity index (χ2v) is 7.87. The number of piperidine rings is 2. The fourth-order valence-corrected chi connectivity index (χ4v) is 4.72. The van der Waals surface area contributed by atoms with Gasteiger partial charge in [-0.15, -0.1) is 0 Å². The van der Waals surface area contributed by atoms with Crippen molar-refractivity contribution in [1.82, 2.24) is 15.0 Å². The molecule has 1 aromatic heterocycles. The smallest absolute Gasteiger partial charge is 0.293 e. The number of amides is 2. The highest BCUT2D eigenvalue weighted by Crippen LogP contribution is 2.40. The van der Waals surface area contributed by atoms with Crippen LogP contribution in [-0.4, -0.2) is 51.4 Å². The van der Waals surface area contributed by atoms with E-state index in [2.05, 4.69) is 12.1 Å². The molecule has 28 heavy (non-hydrogen) atoms. The van der Waals surface area contributed by atoms with Crippen molar-refractivity contribution in [1.29, 1.82) is 0 Å². The number of benzene rings is 1. The highest BCUT2D eigenvalue weighted by Gasteiger charge is 2.50. The van der Waals surface area contributed by atoms with Crippen LogP contribution in [0.4, 0.5) is 4.39 Å². The van der Waals surface area contributed by atoms with Gasteiger partial charge in [-0.2, -0.15) is 0 Å². The van der Waals surface area contributed by atoms with Gasteiger partial charge in [-0.05, 0) is 56.9 Å². The quantitative estimate of drug-likeness (QED) is 0.794. The third-order valence-corrected chi connectivity index (χ3v) is 6.16. The molecule has 2 fully saturated rings. The standard InChI is InChI=1S/C21H24FN3O3/c1-14(26)24-11-4-10-21(2)19(24)5-3-12-25(21)20(27)18-13-17(23-28-18)15-6-8-16(22)9-7-15/h6-9,13,19H,3-5,10-12H2,1-2H3/t19-,21-/m0/s1. The topological polar surface area (TPSA) is 66.7 Å². The summed E-state index contributed by atoms with van der Waals surface area (Å²) < 4.78 is 18.5. The summed E-state index contributed by atoms with van der Waals surface area (Å²) in [4.78, 5) is 29.1. The first-order valence-electron chi connectivity index (χ1n) is 9.72. The van der Waals surface area contributed by atoms with E-state index >= 15 is 0 Å². The molecule has 0 aliphatic carbocycles. The van der Waals surface area contributed by atoms with Crippen molar-refractivity contribution >= 4 is 11.8 Å². The van der Waals surface area contributed by atoms with Crippen molar-refractivity contribution in [2.75, 3.05) is 13.1 Å².